The molecular weight excluding hydrogens is 259 g/mol. The van der Waals surface area contributed by atoms with E-state index in [0.29, 0.717) is 5.75 Å². The van der Waals surface area contributed by atoms with E-state index in [9.17, 15) is 18.0 Å². The molecule has 0 aliphatic carbocycles. The molecule has 0 aliphatic rings. The van der Waals surface area contributed by atoms with Gasteiger partial charge in [0.05, 0.1) is 17.7 Å². The molecule has 0 saturated carbocycles. The number of benzene rings is 1. The molecule has 0 aliphatic heterocycles. The summed E-state index contributed by atoms with van der Waals surface area (Å²) in [6, 6.07) is 4.09. The first-order chi connectivity index (χ1) is 7.83. The summed E-state index contributed by atoms with van der Waals surface area (Å²) in [4.78, 5) is 11.4. The Balaban J connectivity index is 2.76. The van der Waals surface area contributed by atoms with Crippen molar-refractivity contribution in [2.75, 3.05) is 13.7 Å². The normalized spacial score (nSPS) is 11.1. The van der Waals surface area contributed by atoms with E-state index in [2.05, 4.69) is 0 Å². The molecule has 94 valence electrons. The first-order valence-electron chi connectivity index (χ1n) is 4.52. The van der Waals surface area contributed by atoms with Crippen molar-refractivity contribution in [2.45, 2.75) is 6.18 Å². The summed E-state index contributed by atoms with van der Waals surface area (Å²) >= 11 is 5.73. The van der Waals surface area contributed by atoms with Crippen LogP contribution < -0.4 is 10.1 Å². The molecule has 0 saturated heterocycles. The minimum Gasteiger partial charge on any atom is -0.497 e. The van der Waals surface area contributed by atoms with Gasteiger partial charge in [0.1, 0.15) is 12.3 Å². The lowest BCUT2D eigenvalue weighted by molar-refractivity contribution is -0.123. The van der Waals surface area contributed by atoms with E-state index >= 15 is 0 Å². The van der Waals surface area contributed by atoms with E-state index in [1.54, 1.807) is 5.32 Å². The molecule has 0 spiro atoms. The summed E-state index contributed by atoms with van der Waals surface area (Å²) in [5, 5.41) is 1.76. The Bertz CT molecular complexity index is 421. The zero-order chi connectivity index (χ0) is 13.1. The lowest BCUT2D eigenvalue weighted by atomic mass is 10.2. The summed E-state index contributed by atoms with van der Waals surface area (Å²) in [6.07, 6.45) is -4.45. The second-order valence-corrected chi connectivity index (χ2v) is 3.55. The van der Waals surface area contributed by atoms with Gasteiger partial charge in [0.25, 0.3) is 5.91 Å². The van der Waals surface area contributed by atoms with Crippen LogP contribution >= 0.6 is 11.6 Å². The van der Waals surface area contributed by atoms with Crippen LogP contribution in [0.1, 0.15) is 10.4 Å². The fraction of sp³-hybridized carbons (Fsp3) is 0.300. The van der Waals surface area contributed by atoms with E-state index in [1.165, 1.54) is 25.3 Å². The Labute approximate surface area is 101 Å². The number of carbonyl (C=O) groups excluding carboxylic acids is 1. The van der Waals surface area contributed by atoms with Gasteiger partial charge in [-0.1, -0.05) is 11.6 Å². The summed E-state index contributed by atoms with van der Waals surface area (Å²) in [7, 11) is 1.41. The highest BCUT2D eigenvalue weighted by Crippen LogP contribution is 2.22. The number of methoxy groups -OCH3 is 1. The zero-order valence-corrected chi connectivity index (χ0v) is 9.52. The predicted molar refractivity (Wildman–Crippen MR) is 56.4 cm³/mol. The van der Waals surface area contributed by atoms with E-state index < -0.39 is 18.6 Å². The molecule has 0 fully saturated rings. The van der Waals surface area contributed by atoms with Crippen LogP contribution in [0.2, 0.25) is 5.02 Å². The number of hydrogen-bond acceptors (Lipinski definition) is 2. The summed E-state index contributed by atoms with van der Waals surface area (Å²) in [6.45, 7) is -1.39. The van der Waals surface area contributed by atoms with E-state index in [4.69, 9.17) is 16.3 Å². The molecule has 1 aromatic carbocycles. The largest absolute Gasteiger partial charge is 0.497 e. The molecule has 1 aromatic rings. The van der Waals surface area contributed by atoms with Gasteiger partial charge >= 0.3 is 6.18 Å². The first-order valence-corrected chi connectivity index (χ1v) is 4.90. The molecule has 17 heavy (non-hydrogen) atoms. The van der Waals surface area contributed by atoms with Gasteiger partial charge < -0.3 is 10.1 Å². The third kappa shape index (κ3) is 4.14. The number of carbonyl (C=O) groups is 1. The van der Waals surface area contributed by atoms with Crippen LogP contribution in [0.5, 0.6) is 5.75 Å². The molecular formula is C10H9ClF3NO2. The van der Waals surface area contributed by atoms with Crippen LogP contribution in [-0.2, 0) is 0 Å². The third-order valence-corrected chi connectivity index (χ3v) is 2.18. The first kappa shape index (κ1) is 13.6. The molecule has 0 unspecified atom stereocenters. The minimum absolute atomic E-state index is 0.0308. The molecule has 1 amide bonds. The van der Waals surface area contributed by atoms with Gasteiger partial charge in [-0.15, -0.1) is 0 Å². The van der Waals surface area contributed by atoms with Gasteiger partial charge in [0, 0.05) is 0 Å². The van der Waals surface area contributed by atoms with Crippen LogP contribution in [0.4, 0.5) is 13.2 Å². The number of rotatable bonds is 3. The number of alkyl halides is 3. The molecule has 1 rings (SSSR count). The van der Waals surface area contributed by atoms with Crippen molar-refractivity contribution >= 4 is 17.5 Å². The topological polar surface area (TPSA) is 38.3 Å². The Morgan fingerprint density at radius 2 is 2.12 bits per heavy atom. The highest BCUT2D eigenvalue weighted by molar-refractivity contribution is 6.34. The molecule has 3 nitrogen and oxygen atoms in total. The number of nitrogens with one attached hydrogen (secondary N) is 1. The average Bonchev–Trinajstić information content (AvgIpc) is 2.24. The van der Waals surface area contributed by atoms with Gasteiger partial charge in [-0.25, -0.2) is 0 Å². The lowest BCUT2D eigenvalue weighted by Crippen LogP contribution is -2.33. The van der Waals surface area contributed by atoms with Crippen LogP contribution in [-0.4, -0.2) is 25.7 Å². The van der Waals surface area contributed by atoms with Crippen LogP contribution in [0.25, 0.3) is 0 Å². The quantitative estimate of drug-likeness (QED) is 0.914. The van der Waals surface area contributed by atoms with Crippen molar-refractivity contribution in [2.24, 2.45) is 0 Å². The smallest absolute Gasteiger partial charge is 0.405 e. The fourth-order valence-corrected chi connectivity index (χ4v) is 1.34. The molecule has 7 heteroatoms. The summed E-state index contributed by atoms with van der Waals surface area (Å²) in [5.41, 5.74) is -0.0308. The maximum Gasteiger partial charge on any atom is 0.405 e. The van der Waals surface area contributed by atoms with Crippen LogP contribution in [0.15, 0.2) is 18.2 Å². The molecule has 0 heterocycles. The molecule has 0 radical (unpaired) electrons. The van der Waals surface area contributed by atoms with Gasteiger partial charge in [-0.2, -0.15) is 13.2 Å². The number of hydrogen-bond donors (Lipinski definition) is 1. The van der Waals surface area contributed by atoms with Gasteiger partial charge in [0.15, 0.2) is 0 Å². The second-order valence-electron chi connectivity index (χ2n) is 3.14. The Kier molecular flexibility index (Phi) is 4.22. The monoisotopic (exact) mass is 267 g/mol. The number of ether oxygens (including phenoxy) is 1. The summed E-state index contributed by atoms with van der Waals surface area (Å²) in [5.74, 6) is -0.461. The van der Waals surface area contributed by atoms with Gasteiger partial charge in [-0.3, -0.25) is 4.79 Å². The van der Waals surface area contributed by atoms with E-state index in [1.807, 2.05) is 0 Å². The molecule has 1 N–H and O–H groups in total. The minimum atomic E-state index is -4.45. The molecule has 0 atom stereocenters. The average molecular weight is 268 g/mol. The van der Waals surface area contributed by atoms with E-state index in [0.717, 1.165) is 0 Å². The number of halogens is 4. The van der Waals surface area contributed by atoms with Crippen molar-refractivity contribution < 1.29 is 22.7 Å². The fourth-order valence-electron chi connectivity index (χ4n) is 1.08. The van der Waals surface area contributed by atoms with E-state index in [-0.39, 0.29) is 10.6 Å². The van der Waals surface area contributed by atoms with Crippen LogP contribution in [0.3, 0.4) is 0 Å². The zero-order valence-electron chi connectivity index (χ0n) is 8.77. The van der Waals surface area contributed by atoms with Crippen molar-refractivity contribution in [3.8, 4) is 5.75 Å². The van der Waals surface area contributed by atoms with Gasteiger partial charge in [-0.05, 0) is 18.2 Å². The predicted octanol–water partition coefficient (Wildman–Crippen LogP) is 2.64. The van der Waals surface area contributed by atoms with Crippen molar-refractivity contribution in [1.82, 2.24) is 5.32 Å². The van der Waals surface area contributed by atoms with Crippen molar-refractivity contribution in [3.05, 3.63) is 28.8 Å². The highest BCUT2D eigenvalue weighted by Gasteiger charge is 2.28. The van der Waals surface area contributed by atoms with Crippen molar-refractivity contribution in [3.63, 3.8) is 0 Å². The number of amides is 1. The standard InChI is InChI=1S/C10H9ClF3NO2/c1-17-6-2-3-7(8(11)4-6)9(16)15-5-10(12,13)14/h2-4H,5H2,1H3,(H,15,16). The Morgan fingerprint density at radius 3 is 2.59 bits per heavy atom. The Hall–Kier alpha value is -1.43. The highest BCUT2D eigenvalue weighted by atomic mass is 35.5. The maximum atomic E-state index is 11.9. The van der Waals surface area contributed by atoms with Crippen molar-refractivity contribution in [1.29, 1.82) is 0 Å². The summed E-state index contributed by atoms with van der Waals surface area (Å²) < 4.78 is 40.5. The van der Waals surface area contributed by atoms with Gasteiger partial charge in [0.2, 0.25) is 0 Å². The molecule has 0 bridgehead atoms. The Morgan fingerprint density at radius 1 is 1.47 bits per heavy atom. The lowest BCUT2D eigenvalue weighted by Gasteiger charge is -2.09. The molecule has 0 aromatic heterocycles. The maximum absolute atomic E-state index is 11.9. The third-order valence-electron chi connectivity index (χ3n) is 1.87. The SMILES string of the molecule is COc1ccc(C(=O)NCC(F)(F)F)c(Cl)c1. The second kappa shape index (κ2) is 5.27. The van der Waals surface area contributed by atoms with Crippen LogP contribution in [0, 0.1) is 0 Å².